The van der Waals surface area contributed by atoms with Gasteiger partial charge >= 0.3 is 0 Å². The van der Waals surface area contributed by atoms with E-state index in [4.69, 9.17) is 30.3 Å². The maximum absolute atomic E-state index is 13.4. The first kappa shape index (κ1) is 88.2. The molecular weight excluding hydrogens is 1580 g/mol. The third-order valence-electron chi connectivity index (χ3n) is 24.1. The number of Topliss-reactive ketones (excluding diaryl/α,β-unsaturated/α-hetero) is 6. The number of nitrogens with zero attached hydrogens (tertiary/aromatic N) is 18. The third-order valence-corrected chi connectivity index (χ3v) is 24.1. The molecule has 0 unspecified atom stereocenters. The predicted octanol–water partition coefficient (Wildman–Crippen LogP) is 7.64. The van der Waals surface area contributed by atoms with E-state index in [2.05, 4.69) is 60.6 Å². The summed E-state index contributed by atoms with van der Waals surface area (Å²) in [5, 5.41) is 38.0. The number of fused-ring (bicyclic) bond motifs is 3. The first-order valence-electron chi connectivity index (χ1n) is 42.2. The number of pyridine rings is 6. The van der Waals surface area contributed by atoms with Crippen molar-refractivity contribution in [3.05, 3.63) is 138 Å². The number of nitrogens with one attached hydrogen (secondary N) is 3. The highest BCUT2D eigenvalue weighted by molar-refractivity contribution is 6.01. The lowest BCUT2D eigenvalue weighted by atomic mass is 10.0. The maximum atomic E-state index is 13.4. The van der Waals surface area contributed by atoms with E-state index in [-0.39, 0.29) is 142 Å². The van der Waals surface area contributed by atoms with Crippen molar-refractivity contribution in [2.45, 2.75) is 175 Å². The maximum Gasteiger partial charge on any atom is 0.263 e. The highest BCUT2D eigenvalue weighted by Crippen LogP contribution is 2.37. The molecule has 3 aliphatic carbocycles. The predicted molar refractivity (Wildman–Crippen MR) is 461 cm³/mol. The Kier molecular flexibility index (Phi) is 28.7. The van der Waals surface area contributed by atoms with E-state index in [1.807, 2.05) is 36.4 Å². The van der Waals surface area contributed by atoms with Crippen molar-refractivity contribution in [1.29, 1.82) is 0 Å². The van der Waals surface area contributed by atoms with Gasteiger partial charge in [-0.05, 0) is 133 Å². The first-order chi connectivity index (χ1) is 59.3. The lowest BCUT2D eigenvalue weighted by Gasteiger charge is -2.36. The summed E-state index contributed by atoms with van der Waals surface area (Å²) in [5.74, 6) is 0.583. The van der Waals surface area contributed by atoms with Crippen LogP contribution in [-0.4, -0.2) is 239 Å². The number of aliphatic hydroxyl groups is 3. The van der Waals surface area contributed by atoms with Crippen LogP contribution in [0, 0.1) is 20.8 Å². The fourth-order valence-electron chi connectivity index (χ4n) is 17.3. The van der Waals surface area contributed by atoms with E-state index in [9.17, 15) is 57.5 Å². The van der Waals surface area contributed by atoms with E-state index >= 15 is 0 Å². The summed E-state index contributed by atoms with van der Waals surface area (Å²) in [4.78, 5) is 201. The van der Waals surface area contributed by atoms with Crippen LogP contribution in [0.25, 0.3) is 33.1 Å². The molecule has 9 aromatic heterocycles. The third kappa shape index (κ3) is 20.5. The van der Waals surface area contributed by atoms with Crippen LogP contribution in [-0.2, 0) is 28.8 Å². The lowest BCUT2D eigenvalue weighted by molar-refractivity contribution is -0.134. The van der Waals surface area contributed by atoms with Crippen LogP contribution in [0.3, 0.4) is 0 Å². The summed E-state index contributed by atoms with van der Waals surface area (Å²) >= 11 is 0. The number of carbonyl (C=O) groups excluding carboxylic acids is 9. The Morgan fingerprint density at radius 2 is 0.585 bits per heavy atom. The van der Waals surface area contributed by atoms with Crippen molar-refractivity contribution in [3.8, 4) is 0 Å². The number of rotatable bonds is 27. The second-order valence-corrected chi connectivity index (χ2v) is 32.1. The minimum atomic E-state index is -0.533. The Morgan fingerprint density at radius 3 is 0.797 bits per heavy atom. The van der Waals surface area contributed by atoms with Crippen molar-refractivity contribution in [2.75, 3.05) is 129 Å². The Morgan fingerprint density at radius 1 is 0.341 bits per heavy atom. The second kappa shape index (κ2) is 40.0. The fraction of sp³-hybridized carbons (Fsp3) is 0.483. The molecule has 15 rings (SSSR count). The number of aryl methyl sites for hydroxylation is 3. The van der Waals surface area contributed by atoms with Crippen molar-refractivity contribution >= 4 is 138 Å². The normalized spacial score (nSPS) is 15.9. The van der Waals surface area contributed by atoms with Gasteiger partial charge in [-0.3, -0.25) is 71.2 Å². The van der Waals surface area contributed by atoms with Gasteiger partial charge in [0.15, 0.2) is 34.7 Å². The van der Waals surface area contributed by atoms with Gasteiger partial charge in [-0.1, -0.05) is 38.5 Å². The molecule has 648 valence electrons. The van der Waals surface area contributed by atoms with E-state index in [1.54, 1.807) is 86.4 Å². The van der Waals surface area contributed by atoms with Crippen LogP contribution >= 0.6 is 0 Å². The van der Waals surface area contributed by atoms with Gasteiger partial charge in [-0.15, -0.1) is 0 Å². The monoisotopic (exact) mass is 1680 g/mol. The molecule has 6 aliphatic rings. The largest absolute Gasteiger partial charge is 0.389 e. The molecule has 0 bridgehead atoms. The number of amides is 3. The number of hydrogen-bond acceptors (Lipinski definition) is 30. The summed E-state index contributed by atoms with van der Waals surface area (Å²) in [7, 11) is 0. The molecule has 0 atom stereocenters. The zero-order valence-electron chi connectivity index (χ0n) is 70.3. The summed E-state index contributed by atoms with van der Waals surface area (Å²) < 4.78 is 5.05. The van der Waals surface area contributed by atoms with E-state index in [0.717, 1.165) is 94.1 Å². The van der Waals surface area contributed by atoms with Crippen molar-refractivity contribution in [1.82, 2.24) is 73.3 Å². The number of hydrogen-bond donors (Lipinski definition) is 6. The van der Waals surface area contributed by atoms with Crippen molar-refractivity contribution in [2.24, 2.45) is 0 Å². The summed E-state index contributed by atoms with van der Waals surface area (Å²) in [6.45, 7) is 15.1. The standard InChI is InChI=1S/3C29H35N7O5/c3*1-18-23-16-31-29(33-27(23)36(20-5-3-4-6-20)28(41)26(18)19(2)38)32-24-9-7-21(15-30-24)34-11-13-35(14-12-34)25(40)10-8-22(39)17-37/h3*7,9,15-16,20,37H,3-6,8,10-14,17H2,1-2H3,(H,30,31,32,33). The van der Waals surface area contributed by atoms with Crippen LogP contribution in [0.4, 0.5) is 52.4 Å². The molecule has 6 fully saturated rings. The first-order valence-corrected chi connectivity index (χ1v) is 42.2. The Bertz CT molecular complexity index is 5110. The molecule has 3 saturated carbocycles. The average molecular weight is 1680 g/mol. The zero-order valence-corrected chi connectivity index (χ0v) is 70.3. The molecule has 3 amide bonds. The summed E-state index contributed by atoms with van der Waals surface area (Å²) in [6.07, 6.45) is 22.2. The van der Waals surface area contributed by atoms with E-state index < -0.39 is 19.8 Å². The molecule has 3 saturated heterocycles. The topological polar surface area (TPSA) is 452 Å². The number of ketones is 6. The minimum absolute atomic E-state index is 0.00245. The lowest BCUT2D eigenvalue weighted by Crippen LogP contribution is -2.48. The van der Waals surface area contributed by atoms with E-state index in [1.165, 1.54) is 20.8 Å². The molecular formula is C87H105N21O15. The number of aromatic nitrogens is 12. The SMILES string of the molecule is CC(=O)c1c(C)c2cnc(Nc3ccc(N4CCN(C(=O)CCC(=O)CO)CC4)cn3)nc2n(C2CCCC2)c1=O.CC(=O)c1c(C)c2cnc(Nc3ccc(N4CCN(C(=O)CCC(=O)CO)CC4)cn3)nc2n(C2CCCC2)c1=O.CC(=O)c1c(C)c2cnc(Nc3ccc(N4CCN(C(=O)CCC(=O)CO)CC4)cn3)nc2n(C2CCCC2)c1=O. The van der Waals surface area contributed by atoms with Gasteiger partial charge in [0.2, 0.25) is 35.6 Å². The van der Waals surface area contributed by atoms with Crippen molar-refractivity contribution in [3.63, 3.8) is 0 Å². The number of piperazine rings is 3. The van der Waals surface area contributed by atoms with E-state index in [0.29, 0.717) is 164 Å². The van der Waals surface area contributed by atoms with Crippen LogP contribution in [0.2, 0.25) is 0 Å². The molecule has 0 aromatic carbocycles. The highest BCUT2D eigenvalue weighted by Gasteiger charge is 2.32. The molecule has 36 nitrogen and oxygen atoms in total. The van der Waals surface area contributed by atoms with Crippen molar-refractivity contribution < 1.29 is 58.5 Å². The second-order valence-electron chi connectivity index (χ2n) is 32.1. The molecule has 12 heterocycles. The molecule has 0 radical (unpaired) electrons. The zero-order chi connectivity index (χ0) is 87.3. The average Bonchev–Trinajstić information content (AvgIpc) is 1.71. The summed E-state index contributed by atoms with van der Waals surface area (Å²) in [6, 6.07) is 11.3. The molecule has 9 aromatic rings. The van der Waals surface area contributed by atoms with Crippen LogP contribution in [0.15, 0.2) is 88.0 Å². The number of aliphatic hydroxyl groups excluding tert-OH is 3. The van der Waals surface area contributed by atoms with Crippen LogP contribution in [0.1, 0.15) is 202 Å². The minimum Gasteiger partial charge on any atom is -0.389 e. The van der Waals surface area contributed by atoms with Gasteiger partial charge in [0, 0.05) is 170 Å². The molecule has 3 aliphatic heterocycles. The number of carbonyl (C=O) groups is 9. The Balaban J connectivity index is 0.000000159. The highest BCUT2D eigenvalue weighted by atomic mass is 16.3. The van der Waals surface area contributed by atoms with Gasteiger partial charge in [0.25, 0.3) is 16.7 Å². The molecule has 123 heavy (non-hydrogen) atoms. The molecule has 36 heteroatoms. The van der Waals surface area contributed by atoms with Crippen LogP contribution in [0.5, 0.6) is 0 Å². The Labute approximate surface area is 708 Å². The smallest absolute Gasteiger partial charge is 0.263 e. The van der Waals surface area contributed by atoms with Gasteiger partial charge in [-0.25, -0.2) is 29.9 Å². The van der Waals surface area contributed by atoms with Gasteiger partial charge < -0.3 is 60.7 Å². The summed E-state index contributed by atoms with van der Waals surface area (Å²) in [5.41, 5.74) is 5.84. The quantitative estimate of drug-likeness (QED) is 0.0269. The van der Waals surface area contributed by atoms with Gasteiger partial charge in [0.1, 0.15) is 54.2 Å². The van der Waals surface area contributed by atoms with Gasteiger partial charge in [0.05, 0.1) is 52.3 Å². The molecule has 0 spiro atoms. The van der Waals surface area contributed by atoms with Crippen LogP contribution < -0.4 is 47.3 Å². The number of anilines is 9. The Hall–Kier alpha value is -12.6. The molecule has 6 N–H and O–H groups in total. The fourth-order valence-corrected chi connectivity index (χ4v) is 17.3. The van der Waals surface area contributed by atoms with Gasteiger partial charge in [-0.2, -0.15) is 15.0 Å².